The lowest BCUT2D eigenvalue weighted by Crippen LogP contribution is -2.49. The highest BCUT2D eigenvalue weighted by atomic mass is 16.5. The molecule has 21 heavy (non-hydrogen) atoms. The highest BCUT2D eigenvalue weighted by Gasteiger charge is 2.44. The molecule has 4 nitrogen and oxygen atoms in total. The summed E-state index contributed by atoms with van der Waals surface area (Å²) in [4.78, 5) is 8.39. The van der Waals surface area contributed by atoms with Gasteiger partial charge in [-0.3, -0.25) is 0 Å². The van der Waals surface area contributed by atoms with Crippen LogP contribution in [0.4, 0.5) is 0 Å². The van der Waals surface area contributed by atoms with E-state index in [1.807, 2.05) is 19.5 Å². The fourth-order valence-corrected chi connectivity index (χ4v) is 3.32. The van der Waals surface area contributed by atoms with Gasteiger partial charge in [-0.2, -0.15) is 0 Å². The first-order chi connectivity index (χ1) is 10.0. The summed E-state index contributed by atoms with van der Waals surface area (Å²) in [5, 5.41) is 3.67. The van der Waals surface area contributed by atoms with Gasteiger partial charge in [-0.05, 0) is 44.1 Å². The lowest BCUT2D eigenvalue weighted by molar-refractivity contribution is -0.0877. The summed E-state index contributed by atoms with van der Waals surface area (Å²) in [5.74, 6) is 0. The Hall–Kier alpha value is -1.00. The second kappa shape index (κ2) is 6.84. The number of nitrogens with zero attached hydrogens (tertiary/aromatic N) is 2. The van der Waals surface area contributed by atoms with Crippen LogP contribution >= 0.6 is 0 Å². The van der Waals surface area contributed by atoms with Crippen LogP contribution in [0, 0.1) is 5.41 Å². The SMILES string of the molecule is CCCNC(c1cncnc1)C1(OC)CCC(C)(C)CC1. The minimum atomic E-state index is -0.143. The second-order valence-electron chi connectivity index (χ2n) is 6.99. The van der Waals surface area contributed by atoms with E-state index in [0.29, 0.717) is 5.41 Å². The molecule has 0 bridgehead atoms. The minimum absolute atomic E-state index is 0.143. The Balaban J connectivity index is 2.25. The molecule has 1 saturated carbocycles. The van der Waals surface area contributed by atoms with E-state index in [1.165, 1.54) is 12.8 Å². The number of nitrogens with one attached hydrogen (secondary N) is 1. The molecule has 0 saturated heterocycles. The Kier molecular flexibility index (Phi) is 5.33. The third kappa shape index (κ3) is 3.80. The summed E-state index contributed by atoms with van der Waals surface area (Å²) in [6, 6.07) is 0.166. The summed E-state index contributed by atoms with van der Waals surface area (Å²) < 4.78 is 6.07. The van der Waals surface area contributed by atoms with E-state index < -0.39 is 0 Å². The number of ether oxygens (including phenoxy) is 1. The summed E-state index contributed by atoms with van der Waals surface area (Å²) >= 11 is 0. The van der Waals surface area contributed by atoms with Crippen LogP contribution in [-0.2, 0) is 4.74 Å². The van der Waals surface area contributed by atoms with Crippen LogP contribution in [-0.4, -0.2) is 29.2 Å². The molecule has 0 amide bonds. The molecule has 0 radical (unpaired) electrons. The zero-order valence-corrected chi connectivity index (χ0v) is 13.9. The first kappa shape index (κ1) is 16.4. The van der Waals surface area contributed by atoms with Gasteiger partial charge >= 0.3 is 0 Å². The molecule has 4 heteroatoms. The predicted molar refractivity (Wildman–Crippen MR) is 85.1 cm³/mol. The van der Waals surface area contributed by atoms with Crippen LogP contribution in [0.2, 0.25) is 0 Å². The topological polar surface area (TPSA) is 47.0 Å². The van der Waals surface area contributed by atoms with Crippen molar-refractivity contribution in [3.05, 3.63) is 24.3 Å². The maximum Gasteiger partial charge on any atom is 0.115 e. The summed E-state index contributed by atoms with van der Waals surface area (Å²) in [5.41, 5.74) is 1.41. The molecule has 1 atom stereocenters. The molecule has 1 heterocycles. The average Bonchev–Trinajstić information content (AvgIpc) is 2.50. The normalized spacial score (nSPS) is 21.9. The maximum absolute atomic E-state index is 6.07. The number of hydrogen-bond donors (Lipinski definition) is 1. The Morgan fingerprint density at radius 1 is 1.19 bits per heavy atom. The van der Waals surface area contributed by atoms with Crippen molar-refractivity contribution in [3.8, 4) is 0 Å². The van der Waals surface area contributed by atoms with Crippen LogP contribution in [0.25, 0.3) is 0 Å². The summed E-state index contributed by atoms with van der Waals surface area (Å²) in [6.45, 7) is 7.88. The summed E-state index contributed by atoms with van der Waals surface area (Å²) in [7, 11) is 1.85. The Labute approximate surface area is 128 Å². The monoisotopic (exact) mass is 291 g/mol. The van der Waals surface area contributed by atoms with Gasteiger partial charge in [0.2, 0.25) is 0 Å². The van der Waals surface area contributed by atoms with Crippen LogP contribution in [0.1, 0.15) is 64.5 Å². The molecule has 1 N–H and O–H groups in total. The van der Waals surface area contributed by atoms with Gasteiger partial charge < -0.3 is 10.1 Å². The van der Waals surface area contributed by atoms with E-state index in [4.69, 9.17) is 4.74 Å². The molecular formula is C17H29N3O. The van der Waals surface area contributed by atoms with E-state index in [9.17, 15) is 0 Å². The van der Waals surface area contributed by atoms with Gasteiger partial charge in [0.15, 0.2) is 0 Å². The highest BCUT2D eigenvalue weighted by molar-refractivity contribution is 5.16. The Morgan fingerprint density at radius 2 is 1.81 bits per heavy atom. The number of aromatic nitrogens is 2. The Morgan fingerprint density at radius 3 is 2.33 bits per heavy atom. The third-order valence-electron chi connectivity index (χ3n) is 4.89. The van der Waals surface area contributed by atoms with E-state index in [-0.39, 0.29) is 11.6 Å². The van der Waals surface area contributed by atoms with Gasteiger partial charge in [0.05, 0.1) is 11.6 Å². The fourth-order valence-electron chi connectivity index (χ4n) is 3.32. The third-order valence-corrected chi connectivity index (χ3v) is 4.89. The van der Waals surface area contributed by atoms with Crippen molar-refractivity contribution in [2.24, 2.45) is 5.41 Å². The molecule has 118 valence electrons. The van der Waals surface area contributed by atoms with Crippen molar-refractivity contribution < 1.29 is 4.74 Å². The number of methoxy groups -OCH3 is 1. The number of hydrogen-bond acceptors (Lipinski definition) is 4. The molecule has 1 fully saturated rings. The van der Waals surface area contributed by atoms with E-state index >= 15 is 0 Å². The Bertz CT molecular complexity index is 423. The average molecular weight is 291 g/mol. The van der Waals surface area contributed by atoms with E-state index in [0.717, 1.165) is 31.4 Å². The quantitative estimate of drug-likeness (QED) is 0.871. The fraction of sp³-hybridized carbons (Fsp3) is 0.765. The van der Waals surface area contributed by atoms with Gasteiger partial charge in [0.1, 0.15) is 6.33 Å². The van der Waals surface area contributed by atoms with E-state index in [1.54, 1.807) is 6.33 Å². The highest BCUT2D eigenvalue weighted by Crippen LogP contribution is 2.47. The lowest BCUT2D eigenvalue weighted by atomic mass is 9.67. The number of rotatable bonds is 6. The predicted octanol–water partition coefficient (Wildman–Crippen LogP) is 3.50. The van der Waals surface area contributed by atoms with Gasteiger partial charge in [-0.15, -0.1) is 0 Å². The summed E-state index contributed by atoms with van der Waals surface area (Å²) in [6.07, 6.45) is 11.1. The standard InChI is InChI=1S/C17H29N3O/c1-5-10-20-15(14-11-18-13-19-12-14)17(21-4)8-6-16(2,3)7-9-17/h11-13,15,20H,5-10H2,1-4H3. The van der Waals surface area contributed by atoms with Crippen molar-refractivity contribution in [3.63, 3.8) is 0 Å². The minimum Gasteiger partial charge on any atom is -0.376 e. The van der Waals surface area contributed by atoms with Gasteiger partial charge in [0, 0.05) is 25.1 Å². The largest absolute Gasteiger partial charge is 0.376 e. The molecule has 1 aromatic rings. The molecular weight excluding hydrogens is 262 g/mol. The zero-order valence-electron chi connectivity index (χ0n) is 13.9. The first-order valence-corrected chi connectivity index (χ1v) is 8.06. The smallest absolute Gasteiger partial charge is 0.115 e. The molecule has 0 aliphatic heterocycles. The zero-order chi connectivity index (χ0) is 15.3. The lowest BCUT2D eigenvalue weighted by Gasteiger charge is -2.47. The maximum atomic E-state index is 6.07. The van der Waals surface area contributed by atoms with Crippen LogP contribution in [0.15, 0.2) is 18.7 Å². The van der Waals surface area contributed by atoms with Crippen LogP contribution < -0.4 is 5.32 Å². The molecule has 0 aromatic carbocycles. The molecule has 2 rings (SSSR count). The molecule has 0 spiro atoms. The van der Waals surface area contributed by atoms with E-state index in [2.05, 4.69) is 36.1 Å². The molecule has 1 aliphatic rings. The van der Waals surface area contributed by atoms with Crippen molar-refractivity contribution >= 4 is 0 Å². The van der Waals surface area contributed by atoms with Crippen molar-refractivity contribution in [2.45, 2.75) is 64.5 Å². The second-order valence-corrected chi connectivity index (χ2v) is 6.99. The van der Waals surface area contributed by atoms with Crippen molar-refractivity contribution in [1.29, 1.82) is 0 Å². The molecule has 1 unspecified atom stereocenters. The molecule has 1 aromatic heterocycles. The van der Waals surface area contributed by atoms with Crippen molar-refractivity contribution in [2.75, 3.05) is 13.7 Å². The van der Waals surface area contributed by atoms with Gasteiger partial charge in [0.25, 0.3) is 0 Å². The van der Waals surface area contributed by atoms with Gasteiger partial charge in [-0.25, -0.2) is 9.97 Å². The van der Waals surface area contributed by atoms with Gasteiger partial charge in [-0.1, -0.05) is 20.8 Å². The van der Waals surface area contributed by atoms with Crippen LogP contribution in [0.3, 0.4) is 0 Å². The molecule has 1 aliphatic carbocycles. The van der Waals surface area contributed by atoms with Crippen LogP contribution in [0.5, 0.6) is 0 Å². The van der Waals surface area contributed by atoms with Crippen molar-refractivity contribution in [1.82, 2.24) is 15.3 Å². The first-order valence-electron chi connectivity index (χ1n) is 8.06.